The topological polar surface area (TPSA) is 62.3 Å². The van der Waals surface area contributed by atoms with Crippen LogP contribution in [-0.2, 0) is 4.79 Å². The quantitative estimate of drug-likeness (QED) is 0.944. The van der Waals surface area contributed by atoms with Gasteiger partial charge in [-0.3, -0.25) is 9.59 Å². The summed E-state index contributed by atoms with van der Waals surface area (Å²) in [5.41, 5.74) is 1.19. The Labute approximate surface area is 130 Å². The molecule has 3 heterocycles. The molecule has 5 nitrogen and oxygen atoms in total. The fourth-order valence-corrected chi connectivity index (χ4v) is 3.09. The number of pyridine rings is 1. The van der Waals surface area contributed by atoms with Gasteiger partial charge < -0.3 is 10.2 Å². The predicted octanol–water partition coefficient (Wildman–Crippen LogP) is 3.18. The van der Waals surface area contributed by atoms with Crippen LogP contribution in [0, 0.1) is 0 Å². The summed E-state index contributed by atoms with van der Waals surface area (Å²) < 4.78 is 0.451. The maximum Gasteiger partial charge on any atom is 0.259 e. The van der Waals surface area contributed by atoms with Crippen LogP contribution >= 0.6 is 22.9 Å². The second-order valence-corrected chi connectivity index (χ2v) is 6.13. The van der Waals surface area contributed by atoms with E-state index in [1.807, 2.05) is 0 Å². The van der Waals surface area contributed by atoms with E-state index in [1.54, 1.807) is 34.7 Å². The summed E-state index contributed by atoms with van der Waals surface area (Å²) in [6.07, 6.45) is 3.04. The van der Waals surface area contributed by atoms with Gasteiger partial charge in [-0.15, -0.1) is 11.3 Å². The summed E-state index contributed by atoms with van der Waals surface area (Å²) in [5, 5.41) is 4.44. The lowest BCUT2D eigenvalue weighted by Crippen LogP contribution is -2.23. The average Bonchev–Trinajstić information content (AvgIpc) is 3.08. The van der Waals surface area contributed by atoms with E-state index >= 15 is 0 Å². The van der Waals surface area contributed by atoms with Gasteiger partial charge in [0.05, 0.1) is 17.4 Å². The van der Waals surface area contributed by atoms with Gasteiger partial charge in [-0.25, -0.2) is 4.98 Å². The molecule has 0 aliphatic carbocycles. The van der Waals surface area contributed by atoms with E-state index in [2.05, 4.69) is 10.3 Å². The lowest BCUT2D eigenvalue weighted by atomic mass is 10.3. The number of anilines is 2. The van der Waals surface area contributed by atoms with E-state index < -0.39 is 0 Å². The minimum Gasteiger partial charge on any atom is -0.311 e. The predicted molar refractivity (Wildman–Crippen MR) is 83.1 cm³/mol. The van der Waals surface area contributed by atoms with E-state index in [4.69, 9.17) is 11.6 Å². The third kappa shape index (κ3) is 2.91. The van der Waals surface area contributed by atoms with Crippen molar-refractivity contribution in [1.29, 1.82) is 0 Å². The van der Waals surface area contributed by atoms with Gasteiger partial charge in [-0.1, -0.05) is 11.6 Å². The highest BCUT2D eigenvalue weighted by molar-refractivity contribution is 7.14. The zero-order chi connectivity index (χ0) is 14.8. The van der Waals surface area contributed by atoms with Gasteiger partial charge in [-0.05, 0) is 30.0 Å². The maximum absolute atomic E-state index is 12.0. The third-order valence-electron chi connectivity index (χ3n) is 3.24. The molecule has 7 heteroatoms. The average molecular weight is 322 g/mol. The molecule has 0 aromatic carbocycles. The number of hydrogen-bond acceptors (Lipinski definition) is 4. The van der Waals surface area contributed by atoms with E-state index in [0.717, 1.165) is 18.7 Å². The summed E-state index contributed by atoms with van der Waals surface area (Å²) in [6.45, 7) is 0.719. The number of hydrogen-bond donors (Lipinski definition) is 1. The number of aromatic nitrogens is 1. The van der Waals surface area contributed by atoms with E-state index in [-0.39, 0.29) is 11.8 Å². The van der Waals surface area contributed by atoms with Crippen LogP contribution < -0.4 is 10.2 Å². The molecule has 21 heavy (non-hydrogen) atoms. The molecule has 1 aliphatic heterocycles. The second-order valence-electron chi connectivity index (χ2n) is 4.61. The SMILES string of the molecule is O=C(Nc1ccc(N2CCCC2=O)cn1)c1ccsc1Cl. The van der Waals surface area contributed by atoms with Gasteiger partial charge >= 0.3 is 0 Å². The first-order valence-corrected chi connectivity index (χ1v) is 7.71. The van der Waals surface area contributed by atoms with Crippen LogP contribution in [0.2, 0.25) is 4.34 Å². The van der Waals surface area contributed by atoms with Crippen molar-refractivity contribution < 1.29 is 9.59 Å². The molecule has 0 spiro atoms. The van der Waals surface area contributed by atoms with Crippen LogP contribution in [0.15, 0.2) is 29.8 Å². The Morgan fingerprint density at radius 1 is 1.38 bits per heavy atom. The molecule has 108 valence electrons. The van der Waals surface area contributed by atoms with Gasteiger partial charge in [0.15, 0.2) is 0 Å². The molecule has 2 amide bonds. The molecule has 0 saturated carbocycles. The molecule has 2 aromatic heterocycles. The Kier molecular flexibility index (Phi) is 3.90. The number of halogens is 1. The van der Waals surface area contributed by atoms with Crippen LogP contribution in [0.5, 0.6) is 0 Å². The van der Waals surface area contributed by atoms with Crippen molar-refractivity contribution in [3.05, 3.63) is 39.7 Å². The first kappa shape index (κ1) is 14.0. The second kappa shape index (κ2) is 5.83. The Morgan fingerprint density at radius 2 is 2.24 bits per heavy atom. The van der Waals surface area contributed by atoms with E-state index in [1.165, 1.54) is 11.3 Å². The van der Waals surface area contributed by atoms with E-state index in [9.17, 15) is 9.59 Å². The van der Waals surface area contributed by atoms with Crippen molar-refractivity contribution in [1.82, 2.24) is 4.98 Å². The molecule has 1 aliphatic rings. The number of carbonyl (C=O) groups is 2. The zero-order valence-corrected chi connectivity index (χ0v) is 12.6. The number of amides is 2. The normalized spacial score (nSPS) is 14.5. The lowest BCUT2D eigenvalue weighted by molar-refractivity contribution is -0.117. The number of thiophene rings is 1. The highest BCUT2D eigenvalue weighted by Gasteiger charge is 2.21. The van der Waals surface area contributed by atoms with Crippen LogP contribution in [-0.4, -0.2) is 23.3 Å². The highest BCUT2D eigenvalue weighted by Crippen LogP contribution is 2.24. The first-order valence-electron chi connectivity index (χ1n) is 6.46. The molecular weight excluding hydrogens is 310 g/mol. The molecule has 1 N–H and O–H groups in total. The van der Waals surface area contributed by atoms with Crippen molar-refractivity contribution in [3.8, 4) is 0 Å². The summed E-state index contributed by atoms with van der Waals surface area (Å²) in [5.74, 6) is 0.245. The fraction of sp³-hybridized carbons (Fsp3) is 0.214. The number of rotatable bonds is 3. The fourth-order valence-electron chi connectivity index (χ4n) is 2.18. The van der Waals surface area contributed by atoms with Crippen LogP contribution in [0.4, 0.5) is 11.5 Å². The molecule has 0 radical (unpaired) electrons. The molecular formula is C14H12ClN3O2S. The molecule has 2 aromatic rings. The highest BCUT2D eigenvalue weighted by atomic mass is 35.5. The minimum atomic E-state index is -0.293. The van der Waals surface area contributed by atoms with Gasteiger partial charge in [0.1, 0.15) is 10.2 Å². The lowest BCUT2D eigenvalue weighted by Gasteiger charge is -2.15. The maximum atomic E-state index is 12.0. The summed E-state index contributed by atoms with van der Waals surface area (Å²) >= 11 is 7.22. The standard InChI is InChI=1S/C14H12ClN3O2S/c15-13-10(5-7-21-13)14(20)17-11-4-3-9(8-16-11)18-6-1-2-12(18)19/h3-5,7-8H,1-2,6H2,(H,16,17,20). The molecule has 0 atom stereocenters. The van der Waals surface area contributed by atoms with Gasteiger partial charge in [0.2, 0.25) is 5.91 Å². The first-order chi connectivity index (χ1) is 10.1. The zero-order valence-electron chi connectivity index (χ0n) is 11.0. The van der Waals surface area contributed by atoms with Crippen LogP contribution in [0.1, 0.15) is 23.2 Å². The van der Waals surface area contributed by atoms with Gasteiger partial charge in [0.25, 0.3) is 5.91 Å². The Morgan fingerprint density at radius 3 is 2.81 bits per heavy atom. The summed E-state index contributed by atoms with van der Waals surface area (Å²) in [7, 11) is 0. The number of nitrogens with zero attached hydrogens (tertiary/aromatic N) is 2. The molecule has 0 unspecified atom stereocenters. The monoisotopic (exact) mass is 321 g/mol. The van der Waals surface area contributed by atoms with Gasteiger partial charge in [0, 0.05) is 13.0 Å². The van der Waals surface area contributed by atoms with Crippen molar-refractivity contribution >= 4 is 46.3 Å². The Balaban J connectivity index is 1.71. The van der Waals surface area contributed by atoms with Crippen molar-refractivity contribution in [2.24, 2.45) is 0 Å². The Hall–Kier alpha value is -1.92. The smallest absolute Gasteiger partial charge is 0.259 e. The molecule has 3 rings (SSSR count). The minimum absolute atomic E-state index is 0.110. The van der Waals surface area contributed by atoms with Crippen LogP contribution in [0.3, 0.4) is 0 Å². The molecule has 1 fully saturated rings. The van der Waals surface area contributed by atoms with E-state index in [0.29, 0.717) is 22.1 Å². The van der Waals surface area contributed by atoms with Crippen molar-refractivity contribution in [2.45, 2.75) is 12.8 Å². The summed E-state index contributed by atoms with van der Waals surface area (Å²) in [6, 6.07) is 5.12. The largest absolute Gasteiger partial charge is 0.311 e. The van der Waals surface area contributed by atoms with Gasteiger partial charge in [-0.2, -0.15) is 0 Å². The molecule has 1 saturated heterocycles. The van der Waals surface area contributed by atoms with Crippen molar-refractivity contribution in [2.75, 3.05) is 16.8 Å². The molecule has 0 bridgehead atoms. The number of nitrogens with one attached hydrogen (secondary N) is 1. The Bertz CT molecular complexity index is 684. The van der Waals surface area contributed by atoms with Crippen molar-refractivity contribution in [3.63, 3.8) is 0 Å². The third-order valence-corrected chi connectivity index (χ3v) is 4.41. The summed E-state index contributed by atoms with van der Waals surface area (Å²) in [4.78, 5) is 29.5. The number of carbonyl (C=O) groups excluding carboxylic acids is 2. The van der Waals surface area contributed by atoms with Crippen LogP contribution in [0.25, 0.3) is 0 Å².